The van der Waals surface area contributed by atoms with E-state index in [2.05, 4.69) is 10.6 Å². The topological polar surface area (TPSA) is 104 Å². The van der Waals surface area contributed by atoms with Crippen LogP contribution in [0.4, 0.5) is 10.1 Å². The Bertz CT molecular complexity index is 1350. The van der Waals surface area contributed by atoms with E-state index in [-0.39, 0.29) is 16.5 Å². The molecule has 0 radical (unpaired) electrons. The molecule has 0 aromatic heterocycles. The lowest BCUT2D eigenvalue weighted by molar-refractivity contribution is -0.124. The molecule has 3 atom stereocenters. The summed E-state index contributed by atoms with van der Waals surface area (Å²) in [6.07, 6.45) is 4.49. The van der Waals surface area contributed by atoms with Crippen LogP contribution in [0.3, 0.4) is 0 Å². The normalized spacial score (nSPS) is 27.1. The number of amides is 2. The third-order valence-electron chi connectivity index (χ3n) is 7.59. The second-order valence-electron chi connectivity index (χ2n) is 9.58. The Labute approximate surface area is 212 Å². The van der Waals surface area contributed by atoms with Crippen molar-refractivity contribution in [3.05, 3.63) is 63.4 Å². The van der Waals surface area contributed by atoms with Gasteiger partial charge in [-0.05, 0) is 42.2 Å². The second-order valence-corrected chi connectivity index (χ2v) is 12.2. The number of rotatable bonds is 3. The first kappa shape index (κ1) is 24.5. The molecule has 1 aliphatic carbocycles. The number of hydrogen-bond acceptors (Lipinski definition) is 5. The lowest BCUT2D eigenvalue weighted by atomic mass is 9.55. The Hall–Kier alpha value is -2.20. The minimum Gasteiger partial charge on any atom is -0.325 e. The molecule has 1 saturated heterocycles. The van der Waals surface area contributed by atoms with Crippen LogP contribution in [0.25, 0.3) is 0 Å². The molecule has 2 aromatic rings. The van der Waals surface area contributed by atoms with Gasteiger partial charge in [-0.3, -0.25) is 19.6 Å². The average Bonchev–Trinajstić information content (AvgIpc) is 3.23. The van der Waals surface area contributed by atoms with E-state index in [1.54, 1.807) is 24.3 Å². The molecule has 2 spiro atoms. The maximum Gasteiger partial charge on any atom is 0.251 e. The van der Waals surface area contributed by atoms with E-state index in [0.717, 1.165) is 25.5 Å². The minimum atomic E-state index is -3.92. The molecule has 35 heavy (non-hydrogen) atoms. The summed E-state index contributed by atoms with van der Waals surface area (Å²) < 4.78 is 41.6. The summed E-state index contributed by atoms with van der Waals surface area (Å²) in [7, 11) is -3.92. The van der Waals surface area contributed by atoms with Crippen molar-refractivity contribution in [2.75, 3.05) is 11.6 Å². The van der Waals surface area contributed by atoms with Crippen LogP contribution in [0.5, 0.6) is 0 Å². The predicted molar refractivity (Wildman–Crippen MR) is 132 cm³/mol. The summed E-state index contributed by atoms with van der Waals surface area (Å²) in [5.74, 6) is -3.07. The molecular formula is C24H24Cl2FN3O4S. The molecule has 7 nitrogen and oxygen atoms in total. The second kappa shape index (κ2) is 8.44. The number of hydrogen-bond donors (Lipinski definition) is 3. The molecule has 2 aromatic carbocycles. The van der Waals surface area contributed by atoms with Gasteiger partial charge in [0.05, 0.1) is 17.3 Å². The van der Waals surface area contributed by atoms with Crippen molar-refractivity contribution in [2.24, 2.45) is 0 Å². The zero-order chi connectivity index (χ0) is 25.2. The first-order valence-electron chi connectivity index (χ1n) is 11.3. The van der Waals surface area contributed by atoms with E-state index in [1.165, 1.54) is 12.1 Å². The first-order valence-corrected chi connectivity index (χ1v) is 14.0. The van der Waals surface area contributed by atoms with Gasteiger partial charge >= 0.3 is 0 Å². The van der Waals surface area contributed by atoms with Crippen molar-refractivity contribution >= 4 is 50.7 Å². The Kier molecular flexibility index (Phi) is 5.90. The molecule has 1 saturated carbocycles. The van der Waals surface area contributed by atoms with Gasteiger partial charge in [0.15, 0.2) is 0 Å². The summed E-state index contributed by atoms with van der Waals surface area (Å²) in [5, 5.41) is 6.54. The van der Waals surface area contributed by atoms with Crippen molar-refractivity contribution < 1.29 is 22.4 Å². The highest BCUT2D eigenvalue weighted by atomic mass is 35.5. The molecule has 186 valence electrons. The fourth-order valence-corrected chi connectivity index (χ4v) is 7.31. The summed E-state index contributed by atoms with van der Waals surface area (Å²) in [6, 6.07) is 8.26. The van der Waals surface area contributed by atoms with Gasteiger partial charge in [-0.2, -0.15) is 0 Å². The molecule has 3 N–H and O–H groups in total. The predicted octanol–water partition coefficient (Wildman–Crippen LogP) is 3.86. The number of carbonyl (C=O) groups is 2. The highest BCUT2D eigenvalue weighted by molar-refractivity contribution is 7.89. The monoisotopic (exact) mass is 539 g/mol. The third-order valence-corrected chi connectivity index (χ3v) is 8.69. The Morgan fingerprint density at radius 1 is 1.14 bits per heavy atom. The van der Waals surface area contributed by atoms with Gasteiger partial charge in [0.1, 0.15) is 11.2 Å². The van der Waals surface area contributed by atoms with Crippen molar-refractivity contribution in [1.29, 1.82) is 0 Å². The Morgan fingerprint density at radius 2 is 1.86 bits per heavy atom. The van der Waals surface area contributed by atoms with Crippen LogP contribution < -0.4 is 15.4 Å². The number of carbonyl (C=O) groups excluding carboxylic acids is 2. The fourth-order valence-electron chi connectivity index (χ4n) is 6.46. The van der Waals surface area contributed by atoms with Gasteiger partial charge in [-0.15, -0.1) is 0 Å². The number of fused-ring (bicyclic) bond motifs is 3. The molecule has 2 aliphatic heterocycles. The summed E-state index contributed by atoms with van der Waals surface area (Å²) >= 11 is 12.4. The highest BCUT2D eigenvalue weighted by Crippen LogP contribution is 2.62. The van der Waals surface area contributed by atoms with Crippen molar-refractivity contribution in [2.45, 2.75) is 55.0 Å². The summed E-state index contributed by atoms with van der Waals surface area (Å²) in [5.41, 5.74) is -1.17. The molecule has 3 aliphatic rings. The van der Waals surface area contributed by atoms with Crippen LogP contribution >= 0.6 is 23.2 Å². The van der Waals surface area contributed by atoms with Gasteiger partial charge in [0, 0.05) is 22.2 Å². The van der Waals surface area contributed by atoms with Crippen molar-refractivity contribution in [3.63, 3.8) is 0 Å². The van der Waals surface area contributed by atoms with Crippen molar-refractivity contribution in [1.82, 2.24) is 10.0 Å². The van der Waals surface area contributed by atoms with Crippen LogP contribution in [-0.4, -0.2) is 38.1 Å². The molecule has 2 amide bonds. The summed E-state index contributed by atoms with van der Waals surface area (Å²) in [4.78, 5) is 27.5. The molecule has 11 heteroatoms. The zero-order valence-corrected chi connectivity index (χ0v) is 21.2. The molecule has 0 bridgehead atoms. The number of halogens is 3. The Morgan fingerprint density at radius 3 is 2.54 bits per heavy atom. The van der Waals surface area contributed by atoms with Gasteiger partial charge < -0.3 is 5.32 Å². The Balaban J connectivity index is 1.83. The quantitative estimate of drug-likeness (QED) is 0.549. The number of nitrogens with one attached hydrogen (secondary N) is 3. The van der Waals surface area contributed by atoms with Gasteiger partial charge in [-0.25, -0.2) is 12.8 Å². The van der Waals surface area contributed by atoms with E-state index >= 15 is 4.39 Å². The summed E-state index contributed by atoms with van der Waals surface area (Å²) in [6.45, 7) is 0. The molecule has 3 unspecified atom stereocenters. The SMILES string of the molecule is CS(=O)(=O)NC(=O)C1NC2(CCCCC2)C2(C(=O)Nc3cc(Cl)ccc32)C1c1cccc(Cl)c1F. The average molecular weight is 540 g/mol. The maximum absolute atomic E-state index is 15.6. The third kappa shape index (κ3) is 3.66. The number of sulfonamides is 1. The van der Waals surface area contributed by atoms with E-state index < -0.39 is 44.7 Å². The largest absolute Gasteiger partial charge is 0.325 e. The molecule has 5 rings (SSSR count). The molecule has 2 fully saturated rings. The number of benzene rings is 2. The fraction of sp³-hybridized carbons (Fsp3) is 0.417. The van der Waals surface area contributed by atoms with Gasteiger partial charge in [0.2, 0.25) is 15.9 Å². The van der Waals surface area contributed by atoms with E-state index in [9.17, 15) is 18.0 Å². The van der Waals surface area contributed by atoms with E-state index in [0.29, 0.717) is 29.1 Å². The maximum atomic E-state index is 15.6. The van der Waals surface area contributed by atoms with E-state index in [4.69, 9.17) is 23.2 Å². The highest BCUT2D eigenvalue weighted by Gasteiger charge is 2.72. The first-order chi connectivity index (χ1) is 16.5. The van der Waals surface area contributed by atoms with E-state index in [1.807, 2.05) is 4.72 Å². The molecule has 2 heterocycles. The smallest absolute Gasteiger partial charge is 0.251 e. The number of anilines is 1. The minimum absolute atomic E-state index is 0.0686. The van der Waals surface area contributed by atoms with Crippen LogP contribution in [0.2, 0.25) is 10.0 Å². The standard InChI is InChI=1S/C24H24Cl2FN3O4S/c1-35(33,34)30-21(31)20-18(14-6-5-7-16(26)19(14)27)24(23(29-20)10-3-2-4-11-23)15-9-8-13(25)12-17(15)28-22(24)32/h5-9,12,18,20,29H,2-4,10-11H2,1H3,(H,28,32)(H,30,31). The van der Waals surface area contributed by atoms with Crippen LogP contribution in [-0.2, 0) is 25.0 Å². The van der Waals surface area contributed by atoms with Crippen molar-refractivity contribution in [3.8, 4) is 0 Å². The van der Waals surface area contributed by atoms with Gasteiger partial charge in [-0.1, -0.05) is 60.7 Å². The lowest BCUT2D eigenvalue weighted by Crippen LogP contribution is -2.60. The lowest BCUT2D eigenvalue weighted by Gasteiger charge is -2.47. The molecular weight excluding hydrogens is 516 g/mol. The zero-order valence-electron chi connectivity index (χ0n) is 18.8. The van der Waals surface area contributed by atoms with Crippen LogP contribution in [0.15, 0.2) is 36.4 Å². The van der Waals surface area contributed by atoms with Crippen LogP contribution in [0.1, 0.15) is 49.1 Å². The van der Waals surface area contributed by atoms with Gasteiger partial charge in [0.25, 0.3) is 5.91 Å². The van der Waals surface area contributed by atoms with Crippen LogP contribution in [0, 0.1) is 5.82 Å².